The van der Waals surface area contributed by atoms with E-state index in [1.54, 1.807) is 6.33 Å². The second-order valence-electron chi connectivity index (χ2n) is 3.99. The number of hydrogen-bond donors (Lipinski definition) is 1. The van der Waals surface area contributed by atoms with Crippen molar-refractivity contribution >= 4 is 28.5 Å². The van der Waals surface area contributed by atoms with Crippen molar-refractivity contribution in [3.63, 3.8) is 0 Å². The first kappa shape index (κ1) is 11.9. The van der Waals surface area contributed by atoms with Crippen molar-refractivity contribution in [3.05, 3.63) is 42.5 Å². The van der Waals surface area contributed by atoms with Crippen LogP contribution >= 0.6 is 11.8 Å². The molecule has 6 heteroatoms. The highest BCUT2D eigenvalue weighted by atomic mass is 32.2. The summed E-state index contributed by atoms with van der Waals surface area (Å²) in [5.41, 5.74) is 7.58. The van der Waals surface area contributed by atoms with Crippen LogP contribution in [0.15, 0.2) is 47.0 Å². The smallest absolute Gasteiger partial charge is 0.130 e. The van der Waals surface area contributed by atoms with Gasteiger partial charge in [0.05, 0.1) is 5.52 Å². The Kier molecular flexibility index (Phi) is 3.00. The topological polar surface area (TPSA) is 77.6 Å². The van der Waals surface area contributed by atoms with Gasteiger partial charge in [0.15, 0.2) is 0 Å². The molecule has 2 N–H and O–H groups in total. The summed E-state index contributed by atoms with van der Waals surface area (Å²) in [5.74, 6) is 0.496. The zero-order valence-corrected chi connectivity index (χ0v) is 11.1. The molecule has 0 unspecified atom stereocenters. The van der Waals surface area contributed by atoms with E-state index in [0.717, 1.165) is 26.5 Å². The summed E-state index contributed by atoms with van der Waals surface area (Å²) in [6, 6.07) is 7.88. The van der Waals surface area contributed by atoms with Gasteiger partial charge in [-0.25, -0.2) is 19.9 Å². The largest absolute Gasteiger partial charge is 0.383 e. The Morgan fingerprint density at radius 3 is 2.58 bits per heavy atom. The number of nitrogen functional groups attached to an aromatic ring is 1. The molecular formula is C13H11N5S. The number of benzene rings is 1. The summed E-state index contributed by atoms with van der Waals surface area (Å²) in [5, 5.41) is 2.69. The van der Waals surface area contributed by atoms with Crippen LogP contribution in [0.4, 0.5) is 5.82 Å². The lowest BCUT2D eigenvalue weighted by Gasteiger charge is -2.07. The van der Waals surface area contributed by atoms with Crippen molar-refractivity contribution in [2.45, 2.75) is 17.0 Å². The molecule has 94 valence electrons. The number of aromatic nitrogens is 4. The SMILES string of the molecule is Cc1c(N)ncnc1Sc1ncnc2ccccc12. The molecule has 2 heterocycles. The number of fused-ring (bicyclic) bond motifs is 1. The van der Waals surface area contributed by atoms with Crippen LogP contribution in [0.1, 0.15) is 5.56 Å². The van der Waals surface area contributed by atoms with Gasteiger partial charge in [-0.2, -0.15) is 0 Å². The summed E-state index contributed by atoms with van der Waals surface area (Å²) in [7, 11) is 0. The van der Waals surface area contributed by atoms with Crippen LogP contribution in [0, 0.1) is 6.92 Å². The van der Waals surface area contributed by atoms with Gasteiger partial charge in [0, 0.05) is 10.9 Å². The second-order valence-corrected chi connectivity index (χ2v) is 4.96. The van der Waals surface area contributed by atoms with Crippen LogP contribution in [-0.2, 0) is 0 Å². The molecular weight excluding hydrogens is 258 g/mol. The molecule has 0 atom stereocenters. The Morgan fingerprint density at radius 1 is 0.947 bits per heavy atom. The zero-order valence-electron chi connectivity index (χ0n) is 10.2. The Hall–Kier alpha value is -2.21. The normalized spacial score (nSPS) is 10.8. The van der Waals surface area contributed by atoms with E-state index in [4.69, 9.17) is 5.73 Å². The van der Waals surface area contributed by atoms with Gasteiger partial charge in [-0.3, -0.25) is 0 Å². The summed E-state index contributed by atoms with van der Waals surface area (Å²) in [6.45, 7) is 1.90. The molecule has 0 aliphatic carbocycles. The molecule has 0 fully saturated rings. The van der Waals surface area contributed by atoms with E-state index in [9.17, 15) is 0 Å². The molecule has 0 saturated heterocycles. The quantitative estimate of drug-likeness (QED) is 0.720. The fourth-order valence-corrected chi connectivity index (χ4v) is 2.63. The lowest BCUT2D eigenvalue weighted by atomic mass is 10.2. The van der Waals surface area contributed by atoms with Gasteiger partial charge >= 0.3 is 0 Å². The molecule has 5 nitrogen and oxygen atoms in total. The Balaban J connectivity index is 2.09. The van der Waals surface area contributed by atoms with E-state index in [0.29, 0.717) is 5.82 Å². The van der Waals surface area contributed by atoms with Crippen molar-refractivity contribution in [1.82, 2.24) is 19.9 Å². The monoisotopic (exact) mass is 269 g/mol. The van der Waals surface area contributed by atoms with Crippen molar-refractivity contribution in [2.75, 3.05) is 5.73 Å². The Morgan fingerprint density at radius 2 is 1.68 bits per heavy atom. The van der Waals surface area contributed by atoms with Crippen LogP contribution in [-0.4, -0.2) is 19.9 Å². The van der Waals surface area contributed by atoms with Gasteiger partial charge in [0.1, 0.15) is 28.5 Å². The third-order valence-corrected chi connectivity index (χ3v) is 3.90. The number of nitrogens with two attached hydrogens (primary N) is 1. The predicted molar refractivity (Wildman–Crippen MR) is 74.8 cm³/mol. The minimum Gasteiger partial charge on any atom is -0.383 e. The van der Waals surface area contributed by atoms with Crippen LogP contribution in [0.25, 0.3) is 10.9 Å². The maximum Gasteiger partial charge on any atom is 0.130 e. The molecule has 0 aliphatic heterocycles. The zero-order chi connectivity index (χ0) is 13.2. The lowest BCUT2D eigenvalue weighted by Crippen LogP contribution is -1.98. The molecule has 0 saturated carbocycles. The first-order chi connectivity index (χ1) is 9.25. The first-order valence-electron chi connectivity index (χ1n) is 5.70. The van der Waals surface area contributed by atoms with Crippen LogP contribution in [0.3, 0.4) is 0 Å². The molecule has 3 aromatic rings. The Labute approximate surface area is 114 Å². The van der Waals surface area contributed by atoms with Crippen molar-refractivity contribution in [2.24, 2.45) is 0 Å². The van der Waals surface area contributed by atoms with Crippen LogP contribution in [0.5, 0.6) is 0 Å². The lowest BCUT2D eigenvalue weighted by molar-refractivity contribution is 1.00. The first-order valence-corrected chi connectivity index (χ1v) is 6.52. The van der Waals surface area contributed by atoms with E-state index in [-0.39, 0.29) is 0 Å². The van der Waals surface area contributed by atoms with Gasteiger partial charge in [-0.15, -0.1) is 0 Å². The molecule has 0 amide bonds. The summed E-state index contributed by atoms with van der Waals surface area (Å²) in [6.07, 6.45) is 3.03. The predicted octanol–water partition coefficient (Wildman–Crippen LogP) is 2.46. The molecule has 2 aromatic heterocycles. The minimum atomic E-state index is 0.496. The minimum absolute atomic E-state index is 0.496. The van der Waals surface area contributed by atoms with Crippen molar-refractivity contribution in [1.29, 1.82) is 0 Å². The number of rotatable bonds is 2. The number of hydrogen-bond acceptors (Lipinski definition) is 6. The summed E-state index contributed by atoms with van der Waals surface area (Å²) < 4.78 is 0. The van der Waals surface area contributed by atoms with Gasteiger partial charge in [0.2, 0.25) is 0 Å². The molecule has 3 rings (SSSR count). The molecule has 19 heavy (non-hydrogen) atoms. The van der Waals surface area contributed by atoms with Crippen molar-refractivity contribution < 1.29 is 0 Å². The molecule has 0 bridgehead atoms. The van der Waals surface area contributed by atoms with E-state index < -0.39 is 0 Å². The van der Waals surface area contributed by atoms with Crippen LogP contribution < -0.4 is 5.73 Å². The molecule has 0 radical (unpaired) electrons. The van der Waals surface area contributed by atoms with Crippen molar-refractivity contribution in [3.8, 4) is 0 Å². The second kappa shape index (κ2) is 4.81. The van der Waals surface area contributed by atoms with E-state index in [1.807, 2.05) is 31.2 Å². The maximum absolute atomic E-state index is 5.79. The highest BCUT2D eigenvalue weighted by Crippen LogP contribution is 2.32. The molecule has 1 aromatic carbocycles. The Bertz CT molecular complexity index is 739. The fourth-order valence-electron chi connectivity index (χ4n) is 1.70. The van der Waals surface area contributed by atoms with E-state index in [1.165, 1.54) is 18.1 Å². The summed E-state index contributed by atoms with van der Waals surface area (Å²) >= 11 is 1.48. The highest BCUT2D eigenvalue weighted by Gasteiger charge is 2.10. The summed E-state index contributed by atoms with van der Waals surface area (Å²) in [4.78, 5) is 16.8. The third-order valence-electron chi connectivity index (χ3n) is 2.78. The maximum atomic E-state index is 5.79. The van der Waals surface area contributed by atoms with Crippen LogP contribution in [0.2, 0.25) is 0 Å². The highest BCUT2D eigenvalue weighted by molar-refractivity contribution is 7.99. The van der Waals surface area contributed by atoms with Gasteiger partial charge in [-0.05, 0) is 24.8 Å². The standard InChI is InChI=1S/C13H11N5S/c1-8-11(14)16-7-17-12(8)19-13-9-4-2-3-5-10(9)15-6-18-13/h2-7H,1H3,(H2,14,16,17). The van der Waals surface area contributed by atoms with E-state index >= 15 is 0 Å². The molecule has 0 aliphatic rings. The van der Waals surface area contributed by atoms with Gasteiger partial charge in [-0.1, -0.05) is 18.2 Å². The average Bonchev–Trinajstić information content (AvgIpc) is 2.44. The fraction of sp³-hybridized carbons (Fsp3) is 0.0769. The van der Waals surface area contributed by atoms with Gasteiger partial charge in [0.25, 0.3) is 0 Å². The van der Waals surface area contributed by atoms with Gasteiger partial charge < -0.3 is 5.73 Å². The van der Waals surface area contributed by atoms with E-state index in [2.05, 4.69) is 19.9 Å². The number of anilines is 1. The molecule has 0 spiro atoms. The average molecular weight is 269 g/mol. The number of para-hydroxylation sites is 1. The number of nitrogens with zero attached hydrogens (tertiary/aromatic N) is 4. The third kappa shape index (κ3) is 2.22.